The van der Waals surface area contributed by atoms with Gasteiger partial charge in [0.05, 0.1) is 0 Å². The molecule has 72 valence electrons. The summed E-state index contributed by atoms with van der Waals surface area (Å²) in [6, 6.07) is 0. The van der Waals surface area contributed by atoms with Crippen LogP contribution in [0.5, 0.6) is 0 Å². The molecule has 0 aromatic carbocycles. The number of unbranched alkanes of at least 4 members (excludes halogenated alkanes) is 1. The number of rotatable bonds is 6. The van der Waals surface area contributed by atoms with E-state index in [9.17, 15) is 4.79 Å². The summed E-state index contributed by atoms with van der Waals surface area (Å²) in [6.45, 7) is 5.94. The molecule has 0 heterocycles. The molecule has 0 unspecified atom stereocenters. The monoisotopic (exact) mass is 172 g/mol. The Morgan fingerprint density at radius 3 is 2.33 bits per heavy atom. The summed E-state index contributed by atoms with van der Waals surface area (Å²) < 4.78 is 0. The maximum absolute atomic E-state index is 10.6. The van der Waals surface area contributed by atoms with Crippen molar-refractivity contribution < 1.29 is 9.90 Å². The van der Waals surface area contributed by atoms with Crippen LogP contribution < -0.4 is 0 Å². The second-order valence-corrected chi connectivity index (χ2v) is 4.23. The zero-order valence-corrected chi connectivity index (χ0v) is 8.39. The highest BCUT2D eigenvalue weighted by Crippen LogP contribution is 2.22. The molecule has 12 heavy (non-hydrogen) atoms. The van der Waals surface area contributed by atoms with Crippen molar-refractivity contribution in [1.82, 2.24) is 0 Å². The van der Waals surface area contributed by atoms with Crippen molar-refractivity contribution in [3.05, 3.63) is 0 Å². The van der Waals surface area contributed by atoms with Crippen molar-refractivity contribution in [3.8, 4) is 0 Å². The van der Waals surface area contributed by atoms with E-state index in [0.29, 0.717) is 6.42 Å². The molecule has 0 aliphatic carbocycles. The minimum atomic E-state index is 0.0246. The smallest absolute Gasteiger partial charge is 0.129 e. The highest BCUT2D eigenvalue weighted by Gasteiger charge is 2.15. The maximum Gasteiger partial charge on any atom is 0.129 e. The van der Waals surface area contributed by atoms with Crippen molar-refractivity contribution in [2.45, 2.75) is 46.5 Å². The molecule has 0 aliphatic rings. The van der Waals surface area contributed by atoms with Gasteiger partial charge in [0.1, 0.15) is 5.78 Å². The third-order valence-electron chi connectivity index (χ3n) is 2.06. The van der Waals surface area contributed by atoms with E-state index in [0.717, 1.165) is 19.3 Å². The van der Waals surface area contributed by atoms with E-state index >= 15 is 0 Å². The lowest BCUT2D eigenvalue weighted by Crippen LogP contribution is -2.16. The van der Waals surface area contributed by atoms with E-state index in [2.05, 4.69) is 0 Å². The molecule has 2 heteroatoms. The van der Waals surface area contributed by atoms with Gasteiger partial charge in [-0.15, -0.1) is 0 Å². The van der Waals surface area contributed by atoms with Crippen molar-refractivity contribution in [1.29, 1.82) is 0 Å². The highest BCUT2D eigenvalue weighted by molar-refractivity contribution is 5.75. The Morgan fingerprint density at radius 1 is 1.33 bits per heavy atom. The second-order valence-electron chi connectivity index (χ2n) is 4.23. The predicted octanol–water partition coefficient (Wildman–Crippen LogP) is 2.15. The van der Waals surface area contributed by atoms with Crippen molar-refractivity contribution >= 4 is 5.78 Å². The molecule has 2 nitrogen and oxygen atoms in total. The number of Topliss-reactive ketones (excluding diaryl/α,β-unsaturated/α-hetero) is 1. The summed E-state index contributed by atoms with van der Waals surface area (Å²) in [7, 11) is 0. The first-order chi connectivity index (χ1) is 5.48. The molecular weight excluding hydrogens is 152 g/mol. The van der Waals surface area contributed by atoms with Crippen LogP contribution in [-0.4, -0.2) is 17.5 Å². The lowest BCUT2D eigenvalue weighted by atomic mass is 9.88. The van der Waals surface area contributed by atoms with Crippen molar-refractivity contribution in [3.63, 3.8) is 0 Å². The zero-order valence-electron chi connectivity index (χ0n) is 8.39. The normalized spacial score (nSPS) is 11.7. The number of aliphatic hydroxyl groups excluding tert-OH is 1. The van der Waals surface area contributed by atoms with Gasteiger partial charge in [0.2, 0.25) is 0 Å². The molecule has 1 N–H and O–H groups in total. The van der Waals surface area contributed by atoms with Gasteiger partial charge in [-0.25, -0.2) is 0 Å². The molecule has 0 saturated carbocycles. The quantitative estimate of drug-likeness (QED) is 0.623. The fourth-order valence-electron chi connectivity index (χ4n) is 1.06. The van der Waals surface area contributed by atoms with Crippen LogP contribution in [0.3, 0.4) is 0 Å². The second kappa shape index (κ2) is 5.31. The number of hydrogen-bond donors (Lipinski definition) is 1. The Balaban J connectivity index is 3.37. The topological polar surface area (TPSA) is 37.3 Å². The molecule has 0 fully saturated rings. The number of aliphatic hydroxyl groups is 1. The molecule has 0 amide bonds. The summed E-state index contributed by atoms with van der Waals surface area (Å²) in [5.74, 6) is 0.261. The van der Waals surface area contributed by atoms with Gasteiger partial charge in [-0.3, -0.25) is 0 Å². The SMILES string of the molecule is CC(=O)CCCCC(C)(C)CO. The standard InChI is InChI=1S/C10H20O2/c1-9(12)6-4-5-7-10(2,3)8-11/h11H,4-8H2,1-3H3. The van der Waals surface area contributed by atoms with Crippen LogP contribution in [0.2, 0.25) is 0 Å². The lowest BCUT2D eigenvalue weighted by Gasteiger charge is -2.20. The molecule has 0 rings (SSSR count). The Kier molecular flexibility index (Phi) is 5.14. The minimum absolute atomic E-state index is 0.0246. The summed E-state index contributed by atoms with van der Waals surface area (Å²) in [5, 5.41) is 8.94. The van der Waals surface area contributed by atoms with Gasteiger partial charge in [0, 0.05) is 13.0 Å². The van der Waals surface area contributed by atoms with Crippen LogP contribution >= 0.6 is 0 Å². The zero-order chi connectivity index (χ0) is 9.61. The summed E-state index contributed by atoms with van der Waals surface area (Å²) in [4.78, 5) is 10.6. The highest BCUT2D eigenvalue weighted by atomic mass is 16.3. The van der Waals surface area contributed by atoms with E-state index in [4.69, 9.17) is 5.11 Å². The average molecular weight is 172 g/mol. The van der Waals surface area contributed by atoms with Crippen LogP contribution in [0.1, 0.15) is 46.5 Å². The third-order valence-corrected chi connectivity index (χ3v) is 2.06. The fourth-order valence-corrected chi connectivity index (χ4v) is 1.06. The molecule has 0 aliphatic heterocycles. The Bertz CT molecular complexity index is 139. The van der Waals surface area contributed by atoms with Crippen LogP contribution in [-0.2, 0) is 4.79 Å². The Hall–Kier alpha value is -0.370. The molecule has 0 aromatic heterocycles. The summed E-state index contributed by atoms with van der Waals surface area (Å²) in [6.07, 6.45) is 3.67. The predicted molar refractivity (Wildman–Crippen MR) is 50.0 cm³/mol. The Morgan fingerprint density at radius 2 is 1.92 bits per heavy atom. The van der Waals surface area contributed by atoms with E-state index < -0.39 is 0 Å². The van der Waals surface area contributed by atoms with E-state index in [1.807, 2.05) is 13.8 Å². The summed E-state index contributed by atoms with van der Waals surface area (Å²) in [5.41, 5.74) is 0.0246. The van der Waals surface area contributed by atoms with Gasteiger partial charge in [-0.05, 0) is 25.2 Å². The molecule has 0 spiro atoms. The maximum atomic E-state index is 10.6. The van der Waals surface area contributed by atoms with E-state index in [1.54, 1.807) is 6.92 Å². The van der Waals surface area contributed by atoms with Crippen LogP contribution in [0, 0.1) is 5.41 Å². The average Bonchev–Trinajstić information content (AvgIpc) is 1.98. The number of hydrogen-bond acceptors (Lipinski definition) is 2. The third kappa shape index (κ3) is 6.35. The molecule has 0 aromatic rings. The van der Waals surface area contributed by atoms with E-state index in [1.165, 1.54) is 0 Å². The number of carbonyl (C=O) groups is 1. The van der Waals surface area contributed by atoms with Crippen LogP contribution in [0.15, 0.2) is 0 Å². The van der Waals surface area contributed by atoms with Gasteiger partial charge >= 0.3 is 0 Å². The van der Waals surface area contributed by atoms with Gasteiger partial charge in [0.15, 0.2) is 0 Å². The van der Waals surface area contributed by atoms with Crippen LogP contribution in [0.25, 0.3) is 0 Å². The van der Waals surface area contributed by atoms with Crippen LogP contribution in [0.4, 0.5) is 0 Å². The fraction of sp³-hybridized carbons (Fsp3) is 0.900. The van der Waals surface area contributed by atoms with Crippen molar-refractivity contribution in [2.24, 2.45) is 5.41 Å². The molecule has 0 saturated heterocycles. The van der Waals surface area contributed by atoms with Gasteiger partial charge in [-0.1, -0.05) is 20.3 Å². The molecule has 0 bridgehead atoms. The van der Waals surface area contributed by atoms with E-state index in [-0.39, 0.29) is 17.8 Å². The number of ketones is 1. The minimum Gasteiger partial charge on any atom is -0.396 e. The Labute approximate surface area is 75.0 Å². The van der Waals surface area contributed by atoms with Crippen molar-refractivity contribution in [2.75, 3.05) is 6.61 Å². The van der Waals surface area contributed by atoms with Gasteiger partial charge in [0.25, 0.3) is 0 Å². The number of carbonyl (C=O) groups excluding carboxylic acids is 1. The first kappa shape index (κ1) is 11.6. The lowest BCUT2D eigenvalue weighted by molar-refractivity contribution is -0.117. The molecular formula is C10H20O2. The van der Waals surface area contributed by atoms with Gasteiger partial charge < -0.3 is 9.90 Å². The summed E-state index contributed by atoms with van der Waals surface area (Å²) >= 11 is 0. The largest absolute Gasteiger partial charge is 0.396 e. The first-order valence-corrected chi connectivity index (χ1v) is 4.58. The van der Waals surface area contributed by atoms with Gasteiger partial charge in [-0.2, -0.15) is 0 Å². The first-order valence-electron chi connectivity index (χ1n) is 4.58. The molecule has 0 radical (unpaired) electrons. The molecule has 0 atom stereocenters.